The van der Waals surface area contributed by atoms with E-state index in [1.54, 1.807) is 13.3 Å². The van der Waals surface area contributed by atoms with E-state index in [2.05, 4.69) is 22.2 Å². The van der Waals surface area contributed by atoms with Crippen LogP contribution in [0.15, 0.2) is 18.3 Å². The highest BCUT2D eigenvalue weighted by atomic mass is 16.5. The molecule has 1 N–H and O–H groups in total. The first-order valence-corrected chi connectivity index (χ1v) is 6.21. The number of hydrogen-bond acceptors (Lipinski definition) is 4. The van der Waals surface area contributed by atoms with Crippen molar-refractivity contribution in [1.29, 1.82) is 0 Å². The first-order valence-electron chi connectivity index (χ1n) is 6.21. The SMILES string of the molecule is COc1ncccc1NCC1CCCN(C)C1. The van der Waals surface area contributed by atoms with Crippen LogP contribution in [0.2, 0.25) is 0 Å². The Bertz CT molecular complexity index is 356. The molecule has 2 heterocycles. The summed E-state index contributed by atoms with van der Waals surface area (Å²) in [5, 5.41) is 3.44. The van der Waals surface area contributed by atoms with Gasteiger partial charge in [0.15, 0.2) is 0 Å². The topological polar surface area (TPSA) is 37.4 Å². The Morgan fingerprint density at radius 3 is 3.24 bits per heavy atom. The van der Waals surface area contributed by atoms with Gasteiger partial charge in [0.2, 0.25) is 5.88 Å². The van der Waals surface area contributed by atoms with Gasteiger partial charge in [0.25, 0.3) is 0 Å². The predicted octanol–water partition coefficient (Wildman–Crippen LogP) is 1.84. The maximum atomic E-state index is 5.22. The van der Waals surface area contributed by atoms with Gasteiger partial charge >= 0.3 is 0 Å². The number of piperidine rings is 1. The number of pyridine rings is 1. The van der Waals surface area contributed by atoms with Gasteiger partial charge in [-0.05, 0) is 44.5 Å². The normalized spacial score (nSPS) is 21.2. The molecule has 1 aliphatic rings. The van der Waals surface area contributed by atoms with Crippen LogP contribution in [0.3, 0.4) is 0 Å². The molecular weight excluding hydrogens is 214 g/mol. The van der Waals surface area contributed by atoms with E-state index in [9.17, 15) is 0 Å². The van der Waals surface area contributed by atoms with E-state index in [0.717, 1.165) is 18.2 Å². The minimum Gasteiger partial charge on any atom is -0.480 e. The summed E-state index contributed by atoms with van der Waals surface area (Å²) >= 11 is 0. The summed E-state index contributed by atoms with van der Waals surface area (Å²) in [5.74, 6) is 1.40. The van der Waals surface area contributed by atoms with Gasteiger partial charge in [-0.2, -0.15) is 0 Å². The lowest BCUT2D eigenvalue weighted by atomic mass is 9.98. The first kappa shape index (κ1) is 12.2. The third-order valence-electron chi connectivity index (χ3n) is 3.27. The largest absolute Gasteiger partial charge is 0.480 e. The molecule has 0 saturated carbocycles. The summed E-state index contributed by atoms with van der Waals surface area (Å²) < 4.78 is 5.22. The van der Waals surface area contributed by atoms with Crippen molar-refractivity contribution < 1.29 is 4.74 Å². The number of nitrogens with one attached hydrogen (secondary N) is 1. The van der Waals surface area contributed by atoms with E-state index in [1.807, 2.05) is 12.1 Å². The summed E-state index contributed by atoms with van der Waals surface area (Å²) in [5.41, 5.74) is 0.989. The minimum atomic E-state index is 0.677. The minimum absolute atomic E-state index is 0.677. The number of rotatable bonds is 4. The molecule has 4 nitrogen and oxygen atoms in total. The predicted molar refractivity (Wildman–Crippen MR) is 69.5 cm³/mol. The molecule has 1 aromatic rings. The van der Waals surface area contributed by atoms with Crippen LogP contribution >= 0.6 is 0 Å². The molecule has 1 atom stereocenters. The highest BCUT2D eigenvalue weighted by molar-refractivity contribution is 5.51. The molecule has 0 aromatic carbocycles. The Kier molecular flexibility index (Phi) is 4.20. The van der Waals surface area contributed by atoms with Crippen LogP contribution in [0.5, 0.6) is 5.88 Å². The molecule has 4 heteroatoms. The van der Waals surface area contributed by atoms with Crippen molar-refractivity contribution in [3.05, 3.63) is 18.3 Å². The van der Waals surface area contributed by atoms with Crippen molar-refractivity contribution in [2.45, 2.75) is 12.8 Å². The third kappa shape index (κ3) is 3.33. The van der Waals surface area contributed by atoms with Crippen molar-refractivity contribution in [2.75, 3.05) is 39.1 Å². The molecule has 1 aliphatic heterocycles. The van der Waals surface area contributed by atoms with Gasteiger partial charge in [0.05, 0.1) is 12.8 Å². The fourth-order valence-electron chi connectivity index (χ4n) is 2.38. The molecule has 17 heavy (non-hydrogen) atoms. The van der Waals surface area contributed by atoms with Crippen LogP contribution in [0.25, 0.3) is 0 Å². The van der Waals surface area contributed by atoms with Crippen LogP contribution in [0, 0.1) is 5.92 Å². The number of hydrogen-bond donors (Lipinski definition) is 1. The summed E-state index contributed by atoms with van der Waals surface area (Å²) in [7, 11) is 3.85. The molecule has 2 rings (SSSR count). The lowest BCUT2D eigenvalue weighted by molar-refractivity contribution is 0.217. The Labute approximate surface area is 103 Å². The second-order valence-corrected chi connectivity index (χ2v) is 4.71. The molecule has 0 aliphatic carbocycles. The summed E-state index contributed by atoms with van der Waals surface area (Å²) in [6.45, 7) is 3.40. The highest BCUT2D eigenvalue weighted by Crippen LogP contribution is 2.22. The molecule has 1 fully saturated rings. The average Bonchev–Trinajstić information content (AvgIpc) is 2.37. The van der Waals surface area contributed by atoms with Crippen LogP contribution in [-0.2, 0) is 0 Å². The smallest absolute Gasteiger partial charge is 0.237 e. The van der Waals surface area contributed by atoms with Gasteiger partial charge in [-0.25, -0.2) is 4.98 Å². The van der Waals surface area contributed by atoms with Gasteiger partial charge in [0, 0.05) is 19.3 Å². The second-order valence-electron chi connectivity index (χ2n) is 4.71. The molecule has 94 valence electrons. The Morgan fingerprint density at radius 1 is 1.59 bits per heavy atom. The van der Waals surface area contributed by atoms with E-state index < -0.39 is 0 Å². The number of ether oxygens (including phenoxy) is 1. The standard InChI is InChI=1S/C13H21N3O/c1-16-8-4-5-11(10-16)9-15-12-6-3-7-14-13(12)17-2/h3,6-7,11,15H,4-5,8-10H2,1-2H3. The zero-order valence-corrected chi connectivity index (χ0v) is 10.6. The van der Waals surface area contributed by atoms with Crippen molar-refractivity contribution in [1.82, 2.24) is 9.88 Å². The Balaban J connectivity index is 1.88. The number of nitrogens with zero attached hydrogens (tertiary/aromatic N) is 2. The molecule has 0 spiro atoms. The number of anilines is 1. The quantitative estimate of drug-likeness (QED) is 0.864. The van der Waals surface area contributed by atoms with E-state index in [-0.39, 0.29) is 0 Å². The average molecular weight is 235 g/mol. The zero-order chi connectivity index (χ0) is 12.1. The fraction of sp³-hybridized carbons (Fsp3) is 0.615. The summed E-state index contributed by atoms with van der Waals surface area (Å²) in [4.78, 5) is 6.58. The first-order chi connectivity index (χ1) is 8.29. The maximum Gasteiger partial charge on any atom is 0.237 e. The lowest BCUT2D eigenvalue weighted by Gasteiger charge is -2.30. The van der Waals surface area contributed by atoms with Gasteiger partial charge in [0.1, 0.15) is 0 Å². The zero-order valence-electron chi connectivity index (χ0n) is 10.6. The van der Waals surface area contributed by atoms with E-state index in [4.69, 9.17) is 4.74 Å². The summed E-state index contributed by atoms with van der Waals surface area (Å²) in [6, 6.07) is 3.94. The van der Waals surface area contributed by atoms with Gasteiger partial charge in [-0.3, -0.25) is 0 Å². The van der Waals surface area contributed by atoms with Crippen LogP contribution < -0.4 is 10.1 Å². The molecule has 1 saturated heterocycles. The number of likely N-dealkylation sites (tertiary alicyclic amines) is 1. The number of aromatic nitrogens is 1. The fourth-order valence-corrected chi connectivity index (χ4v) is 2.38. The van der Waals surface area contributed by atoms with E-state index in [0.29, 0.717) is 5.88 Å². The van der Waals surface area contributed by atoms with Gasteiger partial charge < -0.3 is 15.0 Å². The molecule has 1 unspecified atom stereocenters. The Morgan fingerprint density at radius 2 is 2.47 bits per heavy atom. The summed E-state index contributed by atoms with van der Waals surface area (Å²) in [6.07, 6.45) is 4.35. The van der Waals surface area contributed by atoms with Crippen LogP contribution in [-0.4, -0.2) is 43.7 Å². The van der Waals surface area contributed by atoms with Crippen molar-refractivity contribution in [2.24, 2.45) is 5.92 Å². The lowest BCUT2D eigenvalue weighted by Crippen LogP contribution is -2.35. The monoisotopic (exact) mass is 235 g/mol. The Hall–Kier alpha value is -1.29. The van der Waals surface area contributed by atoms with E-state index >= 15 is 0 Å². The molecule has 0 bridgehead atoms. The van der Waals surface area contributed by atoms with Crippen molar-refractivity contribution in [3.63, 3.8) is 0 Å². The van der Waals surface area contributed by atoms with Crippen molar-refractivity contribution >= 4 is 5.69 Å². The van der Waals surface area contributed by atoms with Gasteiger partial charge in [-0.1, -0.05) is 0 Å². The molecule has 0 amide bonds. The highest BCUT2D eigenvalue weighted by Gasteiger charge is 2.17. The maximum absolute atomic E-state index is 5.22. The van der Waals surface area contributed by atoms with Crippen molar-refractivity contribution in [3.8, 4) is 5.88 Å². The van der Waals surface area contributed by atoms with Crippen LogP contribution in [0.1, 0.15) is 12.8 Å². The van der Waals surface area contributed by atoms with E-state index in [1.165, 1.54) is 25.9 Å². The molecular formula is C13H21N3O. The second kappa shape index (κ2) is 5.87. The third-order valence-corrected chi connectivity index (χ3v) is 3.27. The number of methoxy groups -OCH3 is 1. The van der Waals surface area contributed by atoms with Crippen LogP contribution in [0.4, 0.5) is 5.69 Å². The van der Waals surface area contributed by atoms with Gasteiger partial charge in [-0.15, -0.1) is 0 Å². The molecule has 1 aromatic heterocycles. The molecule has 0 radical (unpaired) electrons.